The average molecular weight is 336 g/mol. The van der Waals surface area contributed by atoms with E-state index in [1.807, 2.05) is 0 Å². The number of carbonyl (C=O) groups is 1. The van der Waals surface area contributed by atoms with Gasteiger partial charge in [-0.25, -0.2) is 0 Å². The second-order valence-corrected chi connectivity index (χ2v) is 11.5. The standard InChI is InChI=1S/C16H37P.C2H5NO2/c1-5-9-13-17(14-10-6-2,15-11-7-3)16-12-8-4;3-1-2(4)5/h17H,5-16H2,1-4H3;1,3H2,(H,4,5). The van der Waals surface area contributed by atoms with Gasteiger partial charge >= 0.3 is 117 Å². The zero-order valence-corrected chi connectivity index (χ0v) is 16.6. The molecule has 0 atom stereocenters. The van der Waals surface area contributed by atoms with Gasteiger partial charge in [0.05, 0.1) is 6.54 Å². The topological polar surface area (TPSA) is 63.3 Å². The minimum Gasteiger partial charge on any atom is -0.480 e. The summed E-state index contributed by atoms with van der Waals surface area (Å²) in [5, 5.41) is 7.60. The molecule has 0 bridgehead atoms. The molecule has 3 nitrogen and oxygen atoms in total. The first-order chi connectivity index (χ1) is 10.5. The molecule has 0 aliphatic rings. The molecule has 0 saturated carbocycles. The van der Waals surface area contributed by atoms with Crippen LogP contribution in [0.4, 0.5) is 0 Å². The second-order valence-electron chi connectivity index (χ2n) is 6.51. The molecule has 22 heavy (non-hydrogen) atoms. The summed E-state index contributed by atoms with van der Waals surface area (Å²) in [4.78, 5) is 9.24. The van der Waals surface area contributed by atoms with Crippen molar-refractivity contribution in [3.8, 4) is 0 Å². The first-order valence-corrected chi connectivity index (χ1v) is 12.3. The van der Waals surface area contributed by atoms with Crippen LogP contribution >= 0.6 is 7.26 Å². The Morgan fingerprint density at radius 3 is 1.14 bits per heavy atom. The van der Waals surface area contributed by atoms with E-state index in [0.717, 1.165) is 0 Å². The summed E-state index contributed by atoms with van der Waals surface area (Å²) in [5.74, 6) is -0.968. The molecule has 3 N–H and O–H groups in total. The van der Waals surface area contributed by atoms with Gasteiger partial charge in [0.1, 0.15) is 0 Å². The third-order valence-corrected chi connectivity index (χ3v) is 10.1. The SMILES string of the molecule is CCCC[PH](CCCC)(CCCC)CCCC.NCC(=O)O. The van der Waals surface area contributed by atoms with Crippen molar-refractivity contribution in [3.63, 3.8) is 0 Å². The Hall–Kier alpha value is -0.140. The molecule has 0 radical (unpaired) electrons. The smallest absolute Gasteiger partial charge is 0.317 e. The van der Waals surface area contributed by atoms with Crippen molar-refractivity contribution in [2.45, 2.75) is 79.1 Å². The Morgan fingerprint density at radius 2 is 1.00 bits per heavy atom. The van der Waals surface area contributed by atoms with Crippen LogP contribution in [0, 0.1) is 0 Å². The van der Waals surface area contributed by atoms with Gasteiger partial charge in [-0.05, 0) is 0 Å². The summed E-state index contributed by atoms with van der Waals surface area (Å²) < 4.78 is 0. The molecule has 136 valence electrons. The quantitative estimate of drug-likeness (QED) is 0.467. The van der Waals surface area contributed by atoms with Gasteiger partial charge in [0.2, 0.25) is 0 Å². The van der Waals surface area contributed by atoms with Crippen molar-refractivity contribution >= 4 is 13.2 Å². The van der Waals surface area contributed by atoms with E-state index in [2.05, 4.69) is 33.4 Å². The van der Waals surface area contributed by atoms with Gasteiger partial charge < -0.3 is 10.8 Å². The Balaban J connectivity index is 0. The number of unbranched alkanes of at least 4 members (excludes halogenated alkanes) is 4. The first kappa shape index (κ1) is 24.1. The van der Waals surface area contributed by atoms with Crippen molar-refractivity contribution in [1.82, 2.24) is 0 Å². The van der Waals surface area contributed by atoms with Crippen molar-refractivity contribution in [2.75, 3.05) is 31.2 Å². The molecule has 0 fully saturated rings. The Labute approximate surface area is 139 Å². The van der Waals surface area contributed by atoms with Crippen LogP contribution in [0.15, 0.2) is 0 Å². The maximum Gasteiger partial charge on any atom is 0.317 e. The fourth-order valence-electron chi connectivity index (χ4n) is 2.96. The van der Waals surface area contributed by atoms with Crippen LogP contribution in [0.1, 0.15) is 79.1 Å². The summed E-state index contributed by atoms with van der Waals surface area (Å²) in [6.07, 6.45) is 18.1. The van der Waals surface area contributed by atoms with Crippen LogP contribution < -0.4 is 5.73 Å². The summed E-state index contributed by atoms with van der Waals surface area (Å²) in [6.45, 7) is 9.16. The zero-order chi connectivity index (χ0) is 17.3. The van der Waals surface area contributed by atoms with Crippen LogP contribution in [0.2, 0.25) is 0 Å². The molecule has 0 aromatic heterocycles. The van der Waals surface area contributed by atoms with E-state index >= 15 is 0 Å². The van der Waals surface area contributed by atoms with E-state index in [-0.39, 0.29) is 6.54 Å². The van der Waals surface area contributed by atoms with E-state index in [4.69, 9.17) is 5.11 Å². The molecule has 0 saturated heterocycles. The van der Waals surface area contributed by atoms with E-state index in [1.165, 1.54) is 51.4 Å². The van der Waals surface area contributed by atoms with E-state index in [0.29, 0.717) is 0 Å². The van der Waals surface area contributed by atoms with Gasteiger partial charge in [0.15, 0.2) is 0 Å². The minimum atomic E-state index is -0.968. The summed E-state index contributed by atoms with van der Waals surface area (Å²) >= 11 is 0. The summed E-state index contributed by atoms with van der Waals surface area (Å²) in [7, 11) is -0.879. The molecule has 0 rings (SSSR count). The van der Waals surface area contributed by atoms with Crippen LogP contribution in [-0.2, 0) is 4.79 Å². The fourth-order valence-corrected chi connectivity index (χ4v) is 8.87. The molecular weight excluding hydrogens is 293 g/mol. The van der Waals surface area contributed by atoms with E-state index < -0.39 is 13.2 Å². The number of carboxylic acid groups (broad SMARTS) is 1. The van der Waals surface area contributed by atoms with Gasteiger partial charge in [0, 0.05) is 0 Å². The maximum absolute atomic E-state index is 9.24. The number of carboxylic acids is 1. The summed E-state index contributed by atoms with van der Waals surface area (Å²) in [6, 6.07) is 0. The van der Waals surface area contributed by atoms with Crippen molar-refractivity contribution in [2.24, 2.45) is 5.73 Å². The molecule has 4 heteroatoms. The largest absolute Gasteiger partial charge is 0.480 e. The van der Waals surface area contributed by atoms with Gasteiger partial charge in [-0.3, -0.25) is 4.79 Å². The molecule has 0 amide bonds. The predicted octanol–water partition coefficient (Wildman–Crippen LogP) is 4.97. The molecule has 0 spiro atoms. The predicted molar refractivity (Wildman–Crippen MR) is 104 cm³/mol. The monoisotopic (exact) mass is 335 g/mol. The number of hydrogen-bond donors (Lipinski definition) is 2. The van der Waals surface area contributed by atoms with Crippen molar-refractivity contribution < 1.29 is 9.90 Å². The fraction of sp³-hybridized carbons (Fsp3) is 0.944. The van der Waals surface area contributed by atoms with Gasteiger partial charge in [-0.1, -0.05) is 0 Å². The van der Waals surface area contributed by atoms with Crippen LogP contribution in [0.25, 0.3) is 0 Å². The van der Waals surface area contributed by atoms with E-state index in [9.17, 15) is 4.79 Å². The first-order valence-electron chi connectivity index (χ1n) is 9.43. The Kier molecular flexibility index (Phi) is 18.9. The molecule has 0 aliphatic carbocycles. The maximum atomic E-state index is 9.24. The second kappa shape index (κ2) is 17.2. The number of rotatable bonds is 13. The third kappa shape index (κ3) is 14.8. The number of aliphatic carboxylic acids is 1. The average Bonchev–Trinajstić information content (AvgIpc) is 2.54. The zero-order valence-electron chi connectivity index (χ0n) is 15.6. The normalized spacial score (nSPS) is 11.7. The molecular formula is C18H42NO2P. The molecule has 0 aromatic carbocycles. The molecule has 0 heterocycles. The Bertz CT molecular complexity index is 210. The van der Waals surface area contributed by atoms with E-state index in [1.54, 1.807) is 24.6 Å². The van der Waals surface area contributed by atoms with Gasteiger partial charge in [-0.15, -0.1) is 0 Å². The molecule has 0 aromatic rings. The van der Waals surface area contributed by atoms with Crippen LogP contribution in [-0.4, -0.2) is 42.3 Å². The van der Waals surface area contributed by atoms with Gasteiger partial charge in [0.25, 0.3) is 0 Å². The minimum absolute atomic E-state index is 0.278. The van der Waals surface area contributed by atoms with Gasteiger partial charge in [-0.2, -0.15) is 0 Å². The van der Waals surface area contributed by atoms with Crippen LogP contribution in [0.5, 0.6) is 0 Å². The van der Waals surface area contributed by atoms with Crippen molar-refractivity contribution in [3.05, 3.63) is 0 Å². The third-order valence-electron chi connectivity index (χ3n) is 4.42. The molecule has 0 unspecified atom stereocenters. The van der Waals surface area contributed by atoms with Crippen LogP contribution in [0.3, 0.4) is 0 Å². The number of nitrogens with two attached hydrogens (primary N) is 1. The van der Waals surface area contributed by atoms with Crippen molar-refractivity contribution in [1.29, 1.82) is 0 Å². The Morgan fingerprint density at radius 1 is 0.773 bits per heavy atom. The molecule has 0 aliphatic heterocycles. The summed E-state index contributed by atoms with van der Waals surface area (Å²) in [5.41, 5.74) is 4.57. The number of hydrogen-bond acceptors (Lipinski definition) is 2.